The average molecular weight is 545 g/mol. The second-order valence-corrected chi connectivity index (χ2v) is 13.0. The Balaban J connectivity index is 1.84. The van der Waals surface area contributed by atoms with Gasteiger partial charge < -0.3 is 8.92 Å². The molecule has 38 heavy (non-hydrogen) atoms. The minimum absolute atomic E-state index is 0.238. The van der Waals surface area contributed by atoms with Crippen LogP contribution in [0.15, 0.2) is 54.6 Å². The number of hydrogen-bond acceptors (Lipinski definition) is 5. The molecule has 0 fully saturated rings. The van der Waals surface area contributed by atoms with Crippen molar-refractivity contribution < 1.29 is 35.3 Å². The van der Waals surface area contributed by atoms with Gasteiger partial charge in [-0.1, -0.05) is 70.5 Å². The first-order valence-electron chi connectivity index (χ1n) is 12.1. The van der Waals surface area contributed by atoms with Gasteiger partial charge in [0.1, 0.15) is 5.75 Å². The summed E-state index contributed by atoms with van der Waals surface area (Å²) in [7, 11) is -5.87. The van der Waals surface area contributed by atoms with Crippen LogP contribution in [0.1, 0.15) is 83.9 Å². The summed E-state index contributed by atoms with van der Waals surface area (Å²) >= 11 is 0. The van der Waals surface area contributed by atoms with E-state index in [-0.39, 0.29) is 5.41 Å². The van der Waals surface area contributed by atoms with E-state index in [1.807, 2.05) is 51.1 Å². The molecule has 0 aromatic heterocycles. The van der Waals surface area contributed by atoms with E-state index >= 15 is 0 Å². The molecule has 1 spiro atoms. The molecule has 2 aliphatic rings. The van der Waals surface area contributed by atoms with Gasteiger partial charge in [0.2, 0.25) is 0 Å². The van der Waals surface area contributed by atoms with Gasteiger partial charge in [0.25, 0.3) is 0 Å². The molecule has 1 unspecified atom stereocenters. The van der Waals surface area contributed by atoms with E-state index in [0.717, 1.165) is 22.3 Å². The van der Waals surface area contributed by atoms with Crippen LogP contribution in [0.3, 0.4) is 0 Å². The van der Waals surface area contributed by atoms with Crippen LogP contribution in [0, 0.1) is 6.92 Å². The van der Waals surface area contributed by atoms with E-state index in [2.05, 4.69) is 25.0 Å². The maximum absolute atomic E-state index is 13.3. The zero-order valence-corrected chi connectivity index (χ0v) is 22.6. The van der Waals surface area contributed by atoms with Crippen LogP contribution in [-0.4, -0.2) is 19.9 Å². The van der Waals surface area contributed by atoms with Gasteiger partial charge in [0, 0.05) is 22.1 Å². The lowest BCUT2D eigenvalue weighted by Crippen LogP contribution is -2.41. The van der Waals surface area contributed by atoms with Crippen molar-refractivity contribution in [3.05, 3.63) is 99.1 Å². The minimum Gasteiger partial charge on any atom is -0.441 e. The highest BCUT2D eigenvalue weighted by Crippen LogP contribution is 2.57. The van der Waals surface area contributed by atoms with Crippen molar-refractivity contribution in [2.45, 2.75) is 63.5 Å². The lowest BCUT2D eigenvalue weighted by molar-refractivity contribution is -0.0500. The lowest BCUT2D eigenvalue weighted by Gasteiger charge is -2.44. The summed E-state index contributed by atoms with van der Waals surface area (Å²) in [5.41, 5.74) is -2.45. The fourth-order valence-electron chi connectivity index (χ4n) is 5.47. The van der Waals surface area contributed by atoms with Crippen molar-refractivity contribution in [1.82, 2.24) is 0 Å². The van der Waals surface area contributed by atoms with E-state index in [0.29, 0.717) is 22.3 Å². The average Bonchev–Trinajstić information content (AvgIpc) is 3.09. The molecular weight excluding hydrogens is 517 g/mol. The van der Waals surface area contributed by atoms with Crippen LogP contribution in [0.25, 0.3) is 0 Å². The Morgan fingerprint density at radius 2 is 1.42 bits per heavy atom. The number of fused-ring (bicyclic) bond motifs is 6. The molecule has 3 aromatic rings. The molecule has 9 heteroatoms. The number of aryl methyl sites for hydroxylation is 1. The molecule has 0 N–H and O–H groups in total. The molecule has 200 valence electrons. The number of carbonyl (C=O) groups excluding carboxylic acids is 1. The van der Waals surface area contributed by atoms with Crippen LogP contribution in [-0.2, 0) is 31.3 Å². The molecule has 1 heterocycles. The molecular formula is C29H27F3O5S. The molecule has 0 amide bonds. The van der Waals surface area contributed by atoms with Crippen molar-refractivity contribution in [1.29, 1.82) is 0 Å². The summed E-state index contributed by atoms with van der Waals surface area (Å²) in [5.74, 6) is -0.994. The quantitative estimate of drug-likeness (QED) is 0.206. The number of benzene rings is 3. The SMILES string of the molecule is Cc1ccc2c(c1)C(C)(C)c1cc(OS(=O)(=O)C(F)(F)F)ccc1C21OC(=O)c2ccc(C(C)(C)C)cc21. The van der Waals surface area contributed by atoms with Crippen molar-refractivity contribution in [2.75, 3.05) is 0 Å². The lowest BCUT2D eigenvalue weighted by atomic mass is 9.61. The summed E-state index contributed by atoms with van der Waals surface area (Å²) in [6, 6.07) is 15.3. The van der Waals surface area contributed by atoms with Gasteiger partial charge in [0.15, 0.2) is 5.60 Å². The Labute approximate surface area is 219 Å². The monoisotopic (exact) mass is 544 g/mol. The van der Waals surface area contributed by atoms with E-state index in [4.69, 9.17) is 4.74 Å². The molecule has 5 rings (SSSR count). The van der Waals surface area contributed by atoms with Gasteiger partial charge in [-0.15, -0.1) is 0 Å². The first-order valence-corrected chi connectivity index (χ1v) is 13.5. The molecule has 0 radical (unpaired) electrons. The molecule has 5 nitrogen and oxygen atoms in total. The van der Waals surface area contributed by atoms with Gasteiger partial charge in [-0.2, -0.15) is 21.6 Å². The minimum atomic E-state index is -5.87. The molecule has 1 aliphatic heterocycles. The number of carbonyl (C=O) groups is 1. The highest BCUT2D eigenvalue weighted by molar-refractivity contribution is 7.88. The van der Waals surface area contributed by atoms with Crippen LogP contribution >= 0.6 is 0 Å². The molecule has 3 aromatic carbocycles. The molecule has 0 bridgehead atoms. The molecule has 1 atom stereocenters. The Kier molecular flexibility index (Phi) is 5.43. The predicted octanol–water partition coefficient (Wildman–Crippen LogP) is 6.62. The summed E-state index contributed by atoms with van der Waals surface area (Å²) < 4.78 is 73.4. The number of halogens is 3. The second kappa shape index (κ2) is 7.85. The summed E-state index contributed by atoms with van der Waals surface area (Å²) in [5, 5.41) is 0. The van der Waals surface area contributed by atoms with Crippen molar-refractivity contribution in [3.63, 3.8) is 0 Å². The zero-order chi connectivity index (χ0) is 28.1. The van der Waals surface area contributed by atoms with E-state index < -0.39 is 38.4 Å². The fourth-order valence-corrected chi connectivity index (χ4v) is 5.93. The topological polar surface area (TPSA) is 69.7 Å². The van der Waals surface area contributed by atoms with Gasteiger partial charge in [-0.3, -0.25) is 0 Å². The first kappa shape index (κ1) is 26.3. The third-order valence-corrected chi connectivity index (χ3v) is 8.47. The molecule has 0 saturated carbocycles. The molecule has 0 saturated heterocycles. The molecule has 1 aliphatic carbocycles. The summed E-state index contributed by atoms with van der Waals surface area (Å²) in [6.45, 7) is 11.9. The summed E-state index contributed by atoms with van der Waals surface area (Å²) in [4.78, 5) is 13.3. The summed E-state index contributed by atoms with van der Waals surface area (Å²) in [6.07, 6.45) is 0. The van der Waals surface area contributed by atoms with Gasteiger partial charge >= 0.3 is 21.6 Å². The van der Waals surface area contributed by atoms with Crippen LogP contribution in [0.2, 0.25) is 0 Å². The Morgan fingerprint density at radius 1 is 0.816 bits per heavy atom. The largest absolute Gasteiger partial charge is 0.534 e. The third kappa shape index (κ3) is 3.66. The highest BCUT2D eigenvalue weighted by atomic mass is 32.2. The van der Waals surface area contributed by atoms with Crippen molar-refractivity contribution >= 4 is 16.1 Å². The maximum Gasteiger partial charge on any atom is 0.534 e. The zero-order valence-electron chi connectivity index (χ0n) is 21.8. The first-order chi connectivity index (χ1) is 17.4. The van der Waals surface area contributed by atoms with Gasteiger partial charge in [0.05, 0.1) is 5.56 Å². The van der Waals surface area contributed by atoms with Gasteiger partial charge in [-0.25, -0.2) is 4.79 Å². The van der Waals surface area contributed by atoms with Gasteiger partial charge in [-0.05, 0) is 53.3 Å². The van der Waals surface area contributed by atoms with E-state index in [1.54, 1.807) is 6.07 Å². The highest BCUT2D eigenvalue weighted by Gasteiger charge is 2.56. The number of rotatable bonds is 2. The fraction of sp³-hybridized carbons (Fsp3) is 0.345. The van der Waals surface area contributed by atoms with E-state index in [9.17, 15) is 26.4 Å². The maximum atomic E-state index is 13.3. The van der Waals surface area contributed by atoms with Crippen molar-refractivity contribution in [2.24, 2.45) is 0 Å². The standard InChI is InChI=1S/C29H27F3O5S/c1-16-7-11-20-23(13-16)27(5,6)24-15-18(37-38(34,35)29(30,31)32)9-12-21(24)28(20)22-14-17(26(2,3)4)8-10-19(22)25(33)36-28/h7-15H,1-6H3. The smallest absolute Gasteiger partial charge is 0.441 e. The number of hydrogen-bond donors (Lipinski definition) is 0. The Morgan fingerprint density at radius 3 is 2.03 bits per heavy atom. The number of ether oxygens (including phenoxy) is 1. The van der Waals surface area contributed by atoms with Crippen LogP contribution < -0.4 is 4.18 Å². The second-order valence-electron chi connectivity index (χ2n) is 11.4. The Bertz CT molecular complexity index is 1610. The normalized spacial score (nSPS) is 20.0. The van der Waals surface area contributed by atoms with Crippen LogP contribution in [0.5, 0.6) is 5.75 Å². The third-order valence-electron chi connectivity index (χ3n) is 7.49. The number of esters is 1. The Hall–Kier alpha value is -3.33. The van der Waals surface area contributed by atoms with Crippen LogP contribution in [0.4, 0.5) is 13.2 Å². The van der Waals surface area contributed by atoms with Crippen molar-refractivity contribution in [3.8, 4) is 5.75 Å². The van der Waals surface area contributed by atoms with E-state index in [1.165, 1.54) is 18.2 Å². The predicted molar refractivity (Wildman–Crippen MR) is 136 cm³/mol. The number of alkyl halides is 3.